The van der Waals surface area contributed by atoms with Gasteiger partial charge in [-0.3, -0.25) is 0 Å². The summed E-state index contributed by atoms with van der Waals surface area (Å²) in [5.74, 6) is -1.84. The summed E-state index contributed by atoms with van der Waals surface area (Å²) in [6, 6.07) is 12.6. The zero-order chi connectivity index (χ0) is 26.7. The van der Waals surface area contributed by atoms with Crippen LogP contribution >= 0.6 is 0 Å². The highest BCUT2D eigenvalue weighted by atomic mass is 32.2. The third-order valence-electron chi connectivity index (χ3n) is 5.77. The van der Waals surface area contributed by atoms with Gasteiger partial charge in [0, 0.05) is 11.6 Å². The summed E-state index contributed by atoms with van der Waals surface area (Å²) < 4.78 is 56.5. The largest absolute Gasteiger partial charge is 0.502 e. The van der Waals surface area contributed by atoms with Gasteiger partial charge in [-0.05, 0) is 81.4 Å². The fraction of sp³-hybridized carbons (Fsp3) is 0.292. The third-order valence-corrected chi connectivity index (χ3v) is 8.05. The highest BCUT2D eigenvalue weighted by Crippen LogP contribution is 2.37. The Morgan fingerprint density at radius 1 is 1.03 bits per heavy atom. The second kappa shape index (κ2) is 10.7. The Kier molecular flexibility index (Phi) is 8.12. The summed E-state index contributed by atoms with van der Waals surface area (Å²) in [6.07, 6.45) is 4.65. The lowest BCUT2D eigenvalue weighted by Crippen LogP contribution is -2.29. The average Bonchev–Trinajstić information content (AvgIpc) is 3.20. The molecule has 0 spiro atoms. The van der Waals surface area contributed by atoms with E-state index in [9.17, 15) is 21.6 Å². The summed E-state index contributed by atoms with van der Waals surface area (Å²) in [5, 5.41) is 16.2. The first-order valence-electron chi connectivity index (χ1n) is 10.9. The number of fused-ring (bicyclic) bond motifs is 1. The van der Waals surface area contributed by atoms with Gasteiger partial charge in [0.1, 0.15) is 10.6 Å². The molecule has 1 aromatic heterocycles. The van der Waals surface area contributed by atoms with Gasteiger partial charge in [-0.1, -0.05) is 18.2 Å². The Bertz CT molecular complexity index is 1460. The molecule has 0 amide bonds. The predicted molar refractivity (Wildman–Crippen MR) is 135 cm³/mol. The number of hydrogen-bond acceptors (Lipinski definition) is 8. The van der Waals surface area contributed by atoms with Crippen LogP contribution in [0.4, 0.5) is 0 Å². The van der Waals surface area contributed by atoms with E-state index in [2.05, 4.69) is 18.5 Å². The molecule has 36 heavy (non-hydrogen) atoms. The SMILES string of the molecule is C=C(O)C(=O)O.CN1CCC(c2cn(S(C)(=O)=O)c3ccc(OS(=O)(=O)c4ccccc4)cc23)CC1. The van der Waals surface area contributed by atoms with Gasteiger partial charge in [-0.25, -0.2) is 17.2 Å². The Balaban J connectivity index is 0.000000538. The van der Waals surface area contributed by atoms with Gasteiger partial charge >= 0.3 is 16.1 Å². The summed E-state index contributed by atoms with van der Waals surface area (Å²) >= 11 is 0. The molecule has 194 valence electrons. The molecule has 3 aromatic rings. The van der Waals surface area contributed by atoms with Crippen molar-refractivity contribution in [3.63, 3.8) is 0 Å². The lowest BCUT2D eigenvalue weighted by atomic mass is 9.89. The molecule has 0 radical (unpaired) electrons. The number of carbonyl (C=O) groups is 1. The number of likely N-dealkylation sites (tertiary alicyclic amines) is 1. The Morgan fingerprint density at radius 3 is 2.14 bits per heavy atom. The molecule has 10 nitrogen and oxygen atoms in total. The topological polar surface area (TPSA) is 143 Å². The van der Waals surface area contributed by atoms with Gasteiger partial charge < -0.3 is 19.3 Å². The van der Waals surface area contributed by atoms with Crippen LogP contribution in [-0.2, 0) is 24.9 Å². The molecular formula is C24H28N2O8S2. The number of rotatable bonds is 6. The molecule has 0 aliphatic carbocycles. The smallest absolute Gasteiger partial charge is 0.370 e. The van der Waals surface area contributed by atoms with Gasteiger partial charge in [0.15, 0.2) is 5.76 Å². The maximum atomic E-state index is 12.6. The molecule has 2 N–H and O–H groups in total. The molecule has 1 aliphatic rings. The molecule has 1 fully saturated rings. The first-order valence-corrected chi connectivity index (χ1v) is 14.2. The van der Waals surface area contributed by atoms with E-state index >= 15 is 0 Å². The zero-order valence-electron chi connectivity index (χ0n) is 19.9. The fourth-order valence-electron chi connectivity index (χ4n) is 3.94. The standard InChI is InChI=1S/C21H24N2O5S2.C3H4O3/c1-22-12-10-16(11-13-22)20-15-23(29(2,24)25)21-9-8-17(14-19(20)21)28-30(26,27)18-6-4-3-5-7-18;1-2(4)3(5)6/h3-9,14-16H,10-13H2,1-2H3;4H,1H2,(H,5,6). The molecule has 0 unspecified atom stereocenters. The number of aromatic nitrogens is 1. The zero-order valence-corrected chi connectivity index (χ0v) is 21.5. The van der Waals surface area contributed by atoms with Crippen molar-refractivity contribution >= 4 is 37.0 Å². The van der Waals surface area contributed by atoms with Crippen molar-refractivity contribution in [2.24, 2.45) is 0 Å². The highest BCUT2D eigenvalue weighted by Gasteiger charge is 2.25. The number of aliphatic carboxylic acids is 1. The molecule has 1 saturated heterocycles. The highest BCUT2D eigenvalue weighted by molar-refractivity contribution is 7.89. The molecule has 12 heteroatoms. The molecule has 2 aromatic carbocycles. The van der Waals surface area contributed by atoms with Gasteiger partial charge in [0.2, 0.25) is 10.0 Å². The van der Waals surface area contributed by atoms with E-state index in [0.29, 0.717) is 10.9 Å². The van der Waals surface area contributed by atoms with Gasteiger partial charge in [0.05, 0.1) is 11.8 Å². The summed E-state index contributed by atoms with van der Waals surface area (Å²) in [4.78, 5) is 11.7. The van der Waals surface area contributed by atoms with Crippen LogP contribution in [-0.4, -0.2) is 68.3 Å². The van der Waals surface area contributed by atoms with Crippen molar-refractivity contribution in [1.82, 2.24) is 8.87 Å². The van der Waals surface area contributed by atoms with Crippen LogP contribution in [0.3, 0.4) is 0 Å². The van der Waals surface area contributed by atoms with E-state index in [1.807, 2.05) is 0 Å². The van der Waals surface area contributed by atoms with Crippen molar-refractivity contribution in [2.45, 2.75) is 23.7 Å². The van der Waals surface area contributed by atoms with Crippen LogP contribution in [0.25, 0.3) is 10.9 Å². The molecule has 0 atom stereocenters. The number of nitrogens with zero attached hydrogens (tertiary/aromatic N) is 2. The Labute approximate surface area is 210 Å². The molecule has 2 heterocycles. The lowest BCUT2D eigenvalue weighted by Gasteiger charge is -2.28. The average molecular weight is 537 g/mol. The van der Waals surface area contributed by atoms with Crippen LogP contribution in [0.1, 0.15) is 24.3 Å². The summed E-state index contributed by atoms with van der Waals surface area (Å²) in [5.41, 5.74) is 1.43. The number of carboxylic acid groups (broad SMARTS) is 1. The van der Waals surface area contributed by atoms with Crippen LogP contribution in [0.2, 0.25) is 0 Å². The molecule has 0 saturated carbocycles. The van der Waals surface area contributed by atoms with E-state index in [1.54, 1.807) is 36.5 Å². The summed E-state index contributed by atoms with van der Waals surface area (Å²) in [7, 11) is -5.42. The molecule has 0 bridgehead atoms. The van der Waals surface area contributed by atoms with E-state index < -0.39 is 31.9 Å². The van der Waals surface area contributed by atoms with Crippen molar-refractivity contribution in [3.05, 3.63) is 72.6 Å². The number of aliphatic hydroxyl groups excluding tert-OH is 1. The number of aliphatic hydroxyl groups is 1. The Hall–Kier alpha value is -3.35. The van der Waals surface area contributed by atoms with E-state index in [-0.39, 0.29) is 16.6 Å². The predicted octanol–water partition coefficient (Wildman–Crippen LogP) is 3.17. The Morgan fingerprint density at radius 2 is 1.61 bits per heavy atom. The lowest BCUT2D eigenvalue weighted by molar-refractivity contribution is -0.135. The van der Waals surface area contributed by atoms with Crippen LogP contribution in [0.15, 0.2) is 72.0 Å². The minimum absolute atomic E-state index is 0.0642. The van der Waals surface area contributed by atoms with E-state index in [4.69, 9.17) is 14.4 Å². The van der Waals surface area contributed by atoms with Crippen molar-refractivity contribution < 1.29 is 36.0 Å². The molecule has 4 rings (SSSR count). The minimum atomic E-state index is -3.98. The summed E-state index contributed by atoms with van der Waals surface area (Å²) in [6.45, 7) is 4.56. The monoisotopic (exact) mass is 536 g/mol. The number of piperidine rings is 1. The molecular weight excluding hydrogens is 508 g/mol. The first kappa shape index (κ1) is 27.2. The fourth-order valence-corrected chi connectivity index (χ4v) is 5.70. The number of hydrogen-bond donors (Lipinski definition) is 2. The normalized spacial score (nSPS) is 15.2. The maximum Gasteiger partial charge on any atom is 0.370 e. The molecule has 1 aliphatic heterocycles. The van der Waals surface area contributed by atoms with Gasteiger partial charge in [-0.2, -0.15) is 8.42 Å². The number of carboxylic acids is 1. The van der Waals surface area contributed by atoms with Gasteiger partial charge in [-0.15, -0.1) is 0 Å². The number of benzene rings is 2. The third kappa shape index (κ3) is 6.45. The van der Waals surface area contributed by atoms with Crippen molar-refractivity contribution in [1.29, 1.82) is 0 Å². The first-order chi connectivity index (χ1) is 16.8. The minimum Gasteiger partial charge on any atom is -0.502 e. The van der Waals surface area contributed by atoms with Crippen LogP contribution in [0, 0.1) is 0 Å². The second-order valence-electron chi connectivity index (χ2n) is 8.50. The van der Waals surface area contributed by atoms with Crippen LogP contribution < -0.4 is 4.18 Å². The van der Waals surface area contributed by atoms with E-state index in [1.165, 1.54) is 22.2 Å². The quantitative estimate of drug-likeness (QED) is 0.276. The van der Waals surface area contributed by atoms with Gasteiger partial charge in [0.25, 0.3) is 0 Å². The van der Waals surface area contributed by atoms with Crippen molar-refractivity contribution in [2.75, 3.05) is 26.4 Å². The van der Waals surface area contributed by atoms with E-state index in [0.717, 1.165) is 37.8 Å². The maximum absolute atomic E-state index is 12.6. The van der Waals surface area contributed by atoms with Crippen LogP contribution in [0.5, 0.6) is 5.75 Å². The second-order valence-corrected chi connectivity index (χ2v) is 11.9. The van der Waals surface area contributed by atoms with Crippen molar-refractivity contribution in [3.8, 4) is 5.75 Å².